The zero-order valence-electron chi connectivity index (χ0n) is 11.4. The molecule has 0 radical (unpaired) electrons. The fourth-order valence-corrected chi connectivity index (χ4v) is 4.84. The maximum absolute atomic E-state index is 12.8. The first-order valence-corrected chi connectivity index (χ1v) is 8.52. The summed E-state index contributed by atoms with van der Waals surface area (Å²) in [4.78, 5) is 2.56. The Bertz CT molecular complexity index is 574. The average molecular weight is 347 g/mol. The number of aryl methyl sites for hydroxylation is 1. The second-order valence-corrected chi connectivity index (χ2v) is 7.91. The molecule has 106 valence electrons. The van der Waals surface area contributed by atoms with Gasteiger partial charge >= 0.3 is 0 Å². The summed E-state index contributed by atoms with van der Waals surface area (Å²) in [6.07, 6.45) is 0. The van der Waals surface area contributed by atoms with Crippen LogP contribution in [0.1, 0.15) is 12.5 Å². The molecule has 1 aromatic rings. The van der Waals surface area contributed by atoms with Gasteiger partial charge in [-0.2, -0.15) is 4.31 Å². The molecular formula is C13H19BrN2O2S. The van der Waals surface area contributed by atoms with E-state index in [1.54, 1.807) is 10.4 Å². The van der Waals surface area contributed by atoms with E-state index < -0.39 is 10.0 Å². The highest BCUT2D eigenvalue weighted by Crippen LogP contribution is 2.26. The maximum atomic E-state index is 12.8. The van der Waals surface area contributed by atoms with Crippen molar-refractivity contribution in [1.29, 1.82) is 0 Å². The van der Waals surface area contributed by atoms with E-state index in [2.05, 4.69) is 20.8 Å². The molecule has 0 bridgehead atoms. The van der Waals surface area contributed by atoms with E-state index >= 15 is 0 Å². The number of benzene rings is 1. The molecule has 1 fully saturated rings. The zero-order valence-corrected chi connectivity index (χ0v) is 13.8. The van der Waals surface area contributed by atoms with E-state index in [-0.39, 0.29) is 6.04 Å². The standard InChI is InChI=1S/C13H19BrN2O2S/c1-10-4-5-12(14)8-13(10)19(17,18)16-7-6-15(3)9-11(16)2/h4-5,8,11H,6-7,9H2,1-3H3. The Morgan fingerprint density at radius 1 is 1.32 bits per heavy atom. The normalized spacial score (nSPS) is 22.6. The minimum atomic E-state index is -3.41. The van der Waals surface area contributed by atoms with Crippen molar-refractivity contribution in [3.8, 4) is 0 Å². The molecule has 1 unspecified atom stereocenters. The SMILES string of the molecule is Cc1ccc(Br)cc1S(=O)(=O)N1CCN(C)CC1C. The minimum absolute atomic E-state index is 0.00197. The number of nitrogens with zero attached hydrogens (tertiary/aromatic N) is 2. The first-order chi connectivity index (χ1) is 8.82. The molecule has 6 heteroatoms. The third-order valence-corrected chi connectivity index (χ3v) is 6.16. The predicted octanol–water partition coefficient (Wildman–Crippen LogP) is 2.08. The van der Waals surface area contributed by atoms with E-state index in [1.807, 2.05) is 33.0 Å². The van der Waals surface area contributed by atoms with Crippen LogP contribution in [0.25, 0.3) is 0 Å². The van der Waals surface area contributed by atoms with Crippen LogP contribution in [0.4, 0.5) is 0 Å². The Balaban J connectivity index is 2.39. The van der Waals surface area contributed by atoms with Gasteiger partial charge in [-0.25, -0.2) is 8.42 Å². The summed E-state index contributed by atoms with van der Waals surface area (Å²) in [5, 5.41) is 0. The van der Waals surface area contributed by atoms with E-state index in [4.69, 9.17) is 0 Å². The lowest BCUT2D eigenvalue weighted by Crippen LogP contribution is -2.52. The summed E-state index contributed by atoms with van der Waals surface area (Å²) in [7, 11) is -1.39. The first-order valence-electron chi connectivity index (χ1n) is 6.29. The van der Waals surface area contributed by atoms with Gasteiger partial charge in [0.2, 0.25) is 10.0 Å². The van der Waals surface area contributed by atoms with Crippen LogP contribution < -0.4 is 0 Å². The van der Waals surface area contributed by atoms with Crippen LogP contribution >= 0.6 is 15.9 Å². The highest BCUT2D eigenvalue weighted by molar-refractivity contribution is 9.10. The monoisotopic (exact) mass is 346 g/mol. The number of halogens is 1. The Kier molecular flexibility index (Phi) is 4.35. The molecule has 1 aromatic carbocycles. The molecule has 0 saturated carbocycles. The van der Waals surface area contributed by atoms with E-state index in [0.29, 0.717) is 11.4 Å². The van der Waals surface area contributed by atoms with Crippen molar-refractivity contribution in [1.82, 2.24) is 9.21 Å². The number of rotatable bonds is 2. The molecule has 0 aliphatic carbocycles. The number of hydrogen-bond donors (Lipinski definition) is 0. The average Bonchev–Trinajstić information content (AvgIpc) is 2.31. The van der Waals surface area contributed by atoms with Crippen molar-refractivity contribution in [2.75, 3.05) is 26.7 Å². The highest BCUT2D eigenvalue weighted by Gasteiger charge is 2.33. The molecular weight excluding hydrogens is 328 g/mol. The molecule has 4 nitrogen and oxygen atoms in total. The lowest BCUT2D eigenvalue weighted by Gasteiger charge is -2.37. The van der Waals surface area contributed by atoms with Gasteiger partial charge in [0.15, 0.2) is 0 Å². The molecule has 1 saturated heterocycles. The van der Waals surface area contributed by atoms with Gasteiger partial charge in [-0.3, -0.25) is 0 Å². The van der Waals surface area contributed by atoms with Gasteiger partial charge < -0.3 is 4.90 Å². The van der Waals surface area contributed by atoms with Crippen molar-refractivity contribution in [2.45, 2.75) is 24.8 Å². The number of hydrogen-bond acceptors (Lipinski definition) is 3. The fraction of sp³-hybridized carbons (Fsp3) is 0.538. The Labute approximate surface area is 123 Å². The molecule has 1 heterocycles. The fourth-order valence-electron chi connectivity index (χ4n) is 2.46. The Morgan fingerprint density at radius 3 is 2.63 bits per heavy atom. The van der Waals surface area contributed by atoms with Crippen LogP contribution in [0.15, 0.2) is 27.6 Å². The summed E-state index contributed by atoms with van der Waals surface area (Å²) in [5.41, 5.74) is 0.786. The van der Waals surface area contributed by atoms with Gasteiger partial charge in [-0.1, -0.05) is 22.0 Å². The van der Waals surface area contributed by atoms with Crippen molar-refractivity contribution >= 4 is 26.0 Å². The van der Waals surface area contributed by atoms with Crippen LogP contribution in [-0.4, -0.2) is 50.3 Å². The molecule has 1 aliphatic rings. The number of piperazine rings is 1. The third-order valence-electron chi connectivity index (χ3n) is 3.51. The molecule has 19 heavy (non-hydrogen) atoms. The van der Waals surface area contributed by atoms with Crippen LogP contribution in [-0.2, 0) is 10.0 Å². The van der Waals surface area contributed by atoms with E-state index in [1.165, 1.54) is 0 Å². The predicted molar refractivity (Wildman–Crippen MR) is 79.7 cm³/mol. The molecule has 1 atom stereocenters. The van der Waals surface area contributed by atoms with Crippen LogP contribution in [0.3, 0.4) is 0 Å². The molecule has 0 spiro atoms. The molecule has 2 rings (SSSR count). The van der Waals surface area contributed by atoms with Gasteiger partial charge in [-0.15, -0.1) is 0 Å². The Hall–Kier alpha value is -0.430. The minimum Gasteiger partial charge on any atom is -0.303 e. The van der Waals surface area contributed by atoms with Crippen molar-refractivity contribution in [3.05, 3.63) is 28.2 Å². The van der Waals surface area contributed by atoms with E-state index in [9.17, 15) is 8.42 Å². The van der Waals surface area contributed by atoms with Crippen LogP contribution in [0.2, 0.25) is 0 Å². The summed E-state index contributed by atoms with van der Waals surface area (Å²) in [6.45, 7) is 5.88. The maximum Gasteiger partial charge on any atom is 0.243 e. The van der Waals surface area contributed by atoms with Gasteiger partial charge in [-0.05, 0) is 38.6 Å². The quantitative estimate of drug-likeness (QED) is 0.823. The first kappa shape index (κ1) is 15.0. The van der Waals surface area contributed by atoms with Crippen molar-refractivity contribution < 1.29 is 8.42 Å². The smallest absolute Gasteiger partial charge is 0.243 e. The van der Waals surface area contributed by atoms with Crippen LogP contribution in [0, 0.1) is 6.92 Å². The van der Waals surface area contributed by atoms with Gasteiger partial charge in [0.25, 0.3) is 0 Å². The van der Waals surface area contributed by atoms with Gasteiger partial charge in [0, 0.05) is 30.1 Å². The summed E-state index contributed by atoms with van der Waals surface area (Å²) in [5.74, 6) is 0. The summed E-state index contributed by atoms with van der Waals surface area (Å²) < 4.78 is 27.9. The Morgan fingerprint density at radius 2 is 2.00 bits per heavy atom. The second kappa shape index (κ2) is 5.52. The second-order valence-electron chi connectivity index (χ2n) is 5.14. The molecule has 0 amide bonds. The topological polar surface area (TPSA) is 40.6 Å². The third kappa shape index (κ3) is 3.02. The van der Waals surface area contributed by atoms with E-state index in [0.717, 1.165) is 23.1 Å². The van der Waals surface area contributed by atoms with Crippen molar-refractivity contribution in [2.24, 2.45) is 0 Å². The number of sulfonamides is 1. The number of likely N-dealkylation sites (N-methyl/N-ethyl adjacent to an activating group) is 1. The van der Waals surface area contributed by atoms with Crippen molar-refractivity contribution in [3.63, 3.8) is 0 Å². The van der Waals surface area contributed by atoms with Gasteiger partial charge in [0.1, 0.15) is 0 Å². The zero-order chi connectivity index (χ0) is 14.2. The molecule has 0 N–H and O–H groups in total. The lowest BCUT2D eigenvalue weighted by molar-refractivity contribution is 0.170. The van der Waals surface area contributed by atoms with Gasteiger partial charge in [0.05, 0.1) is 4.90 Å². The lowest BCUT2D eigenvalue weighted by atomic mass is 10.2. The molecule has 1 aliphatic heterocycles. The summed E-state index contributed by atoms with van der Waals surface area (Å²) in [6, 6.07) is 5.39. The van der Waals surface area contributed by atoms with Crippen LogP contribution in [0.5, 0.6) is 0 Å². The highest BCUT2D eigenvalue weighted by atomic mass is 79.9. The summed E-state index contributed by atoms with van der Waals surface area (Å²) >= 11 is 3.35. The molecule has 0 aromatic heterocycles. The largest absolute Gasteiger partial charge is 0.303 e.